The fraction of sp³-hybridized carbons (Fsp3) is 0.857. The van der Waals surface area contributed by atoms with Gasteiger partial charge in [0, 0.05) is 38.4 Å². The van der Waals surface area contributed by atoms with Crippen molar-refractivity contribution >= 4 is 23.6 Å². The molecule has 1 amide bonds. The molecule has 1 aliphatic rings. The summed E-state index contributed by atoms with van der Waals surface area (Å²) in [5.41, 5.74) is 0. The molecule has 2 N–H and O–H groups in total. The van der Waals surface area contributed by atoms with Gasteiger partial charge in [0.1, 0.15) is 0 Å². The Morgan fingerprint density at radius 3 is 2.70 bits per heavy atom. The third kappa shape index (κ3) is 6.03. The molecular formula is C14H28N4OS. The molecule has 116 valence electrons. The van der Waals surface area contributed by atoms with Crippen molar-refractivity contribution < 1.29 is 4.79 Å². The molecule has 1 heterocycles. The summed E-state index contributed by atoms with van der Waals surface area (Å²) < 4.78 is 0.280. The van der Waals surface area contributed by atoms with Crippen LogP contribution < -0.4 is 10.6 Å². The number of nitrogens with one attached hydrogen (secondary N) is 2. The molecule has 20 heavy (non-hydrogen) atoms. The van der Waals surface area contributed by atoms with E-state index in [1.165, 1.54) is 18.6 Å². The molecule has 1 unspecified atom stereocenters. The number of amides is 1. The summed E-state index contributed by atoms with van der Waals surface area (Å²) in [5, 5.41) is 6.46. The summed E-state index contributed by atoms with van der Waals surface area (Å²) >= 11 is 2.01. The predicted octanol–water partition coefficient (Wildman–Crippen LogP) is 1.31. The van der Waals surface area contributed by atoms with Crippen LogP contribution in [0.5, 0.6) is 0 Å². The number of carbonyl (C=O) groups excluding carboxylic acids is 1. The van der Waals surface area contributed by atoms with Crippen molar-refractivity contribution in [1.29, 1.82) is 0 Å². The van der Waals surface area contributed by atoms with Crippen LogP contribution in [0.4, 0.5) is 0 Å². The van der Waals surface area contributed by atoms with Gasteiger partial charge >= 0.3 is 0 Å². The Labute approximate surface area is 127 Å². The number of hydrogen-bond acceptors (Lipinski definition) is 3. The zero-order valence-electron chi connectivity index (χ0n) is 13.2. The van der Waals surface area contributed by atoms with E-state index >= 15 is 0 Å². The molecule has 1 atom stereocenters. The van der Waals surface area contributed by atoms with Crippen LogP contribution in [0.25, 0.3) is 0 Å². The van der Waals surface area contributed by atoms with Crippen molar-refractivity contribution in [2.75, 3.05) is 39.5 Å². The lowest BCUT2D eigenvalue weighted by atomic mass is 10.1. The number of carbonyl (C=O) groups is 1. The Morgan fingerprint density at radius 2 is 2.15 bits per heavy atom. The summed E-state index contributed by atoms with van der Waals surface area (Å²) in [6.45, 7) is 6.61. The van der Waals surface area contributed by atoms with Crippen LogP contribution in [0.15, 0.2) is 4.99 Å². The van der Waals surface area contributed by atoms with Gasteiger partial charge in [-0.2, -0.15) is 11.8 Å². The number of aliphatic imine (C=N–C) groups is 1. The Balaban J connectivity index is 2.40. The van der Waals surface area contributed by atoms with Crippen molar-refractivity contribution in [2.24, 2.45) is 4.99 Å². The summed E-state index contributed by atoms with van der Waals surface area (Å²) in [6, 6.07) is 0. The smallest absolute Gasteiger partial charge is 0.223 e. The first-order valence-electron chi connectivity index (χ1n) is 7.33. The highest BCUT2D eigenvalue weighted by Gasteiger charge is 2.29. The molecule has 1 fully saturated rings. The number of rotatable bonds is 6. The van der Waals surface area contributed by atoms with Gasteiger partial charge in [-0.25, -0.2) is 0 Å². The van der Waals surface area contributed by atoms with Gasteiger partial charge < -0.3 is 15.5 Å². The number of thioether (sulfide) groups is 1. The maximum atomic E-state index is 11.5. The molecule has 0 aromatic rings. The first-order chi connectivity index (χ1) is 9.47. The quantitative estimate of drug-likeness (QED) is 0.573. The molecule has 0 aromatic carbocycles. The third-order valence-electron chi connectivity index (χ3n) is 3.35. The van der Waals surface area contributed by atoms with Gasteiger partial charge in [-0.05, 0) is 32.4 Å². The van der Waals surface area contributed by atoms with E-state index in [-0.39, 0.29) is 10.7 Å². The highest BCUT2D eigenvalue weighted by atomic mass is 32.2. The molecule has 0 saturated carbocycles. The maximum Gasteiger partial charge on any atom is 0.223 e. The molecular weight excluding hydrogens is 272 g/mol. The number of nitrogens with zero attached hydrogens (tertiary/aromatic N) is 2. The van der Waals surface area contributed by atoms with Crippen molar-refractivity contribution in [1.82, 2.24) is 15.5 Å². The minimum absolute atomic E-state index is 0.131. The van der Waals surface area contributed by atoms with Gasteiger partial charge in [-0.3, -0.25) is 9.79 Å². The second kappa shape index (κ2) is 8.39. The van der Waals surface area contributed by atoms with E-state index in [0.29, 0.717) is 13.0 Å². The predicted molar refractivity (Wildman–Crippen MR) is 87.4 cm³/mol. The minimum Gasteiger partial charge on any atom is -0.357 e. The SMILES string of the molecule is CCNC(=NCC1(C)CCCS1)NCCC(=O)N(C)C. The lowest BCUT2D eigenvalue weighted by molar-refractivity contribution is -0.128. The van der Waals surface area contributed by atoms with E-state index in [4.69, 9.17) is 0 Å². The first-order valence-corrected chi connectivity index (χ1v) is 8.32. The van der Waals surface area contributed by atoms with Crippen LogP contribution in [-0.2, 0) is 4.79 Å². The lowest BCUT2D eigenvalue weighted by Crippen LogP contribution is -2.40. The Bertz CT molecular complexity index is 338. The Morgan fingerprint density at radius 1 is 1.40 bits per heavy atom. The van der Waals surface area contributed by atoms with Gasteiger partial charge in [0.2, 0.25) is 5.91 Å². The van der Waals surface area contributed by atoms with E-state index in [1.807, 2.05) is 18.7 Å². The monoisotopic (exact) mass is 300 g/mol. The van der Waals surface area contributed by atoms with E-state index in [1.54, 1.807) is 19.0 Å². The van der Waals surface area contributed by atoms with E-state index in [2.05, 4.69) is 22.5 Å². The molecule has 5 nitrogen and oxygen atoms in total. The molecule has 1 aliphatic heterocycles. The van der Waals surface area contributed by atoms with E-state index < -0.39 is 0 Å². The molecule has 0 bridgehead atoms. The third-order valence-corrected chi connectivity index (χ3v) is 4.87. The summed E-state index contributed by atoms with van der Waals surface area (Å²) in [6.07, 6.45) is 3.01. The molecule has 6 heteroatoms. The van der Waals surface area contributed by atoms with Gasteiger partial charge in [-0.1, -0.05) is 0 Å². The van der Waals surface area contributed by atoms with Crippen LogP contribution in [0.2, 0.25) is 0 Å². The maximum absolute atomic E-state index is 11.5. The van der Waals surface area contributed by atoms with E-state index in [0.717, 1.165) is 19.0 Å². The fourth-order valence-electron chi connectivity index (χ4n) is 2.06. The summed E-state index contributed by atoms with van der Waals surface area (Å²) in [5.74, 6) is 2.19. The first kappa shape index (κ1) is 17.1. The minimum atomic E-state index is 0.131. The Hall–Kier alpha value is -0.910. The lowest BCUT2D eigenvalue weighted by Gasteiger charge is -2.21. The van der Waals surface area contributed by atoms with Crippen molar-refractivity contribution in [2.45, 2.75) is 37.9 Å². The molecule has 1 rings (SSSR count). The molecule has 0 aromatic heterocycles. The second-order valence-electron chi connectivity index (χ2n) is 5.56. The highest BCUT2D eigenvalue weighted by molar-refractivity contribution is 8.00. The summed E-state index contributed by atoms with van der Waals surface area (Å²) in [4.78, 5) is 17.8. The zero-order valence-corrected chi connectivity index (χ0v) is 14.0. The standard InChI is InChI=1S/C14H28N4OS/c1-5-15-13(16-9-7-12(19)18(3)4)17-11-14(2)8-6-10-20-14/h5-11H2,1-4H3,(H2,15,16,17). The van der Waals surface area contributed by atoms with Crippen LogP contribution in [0, 0.1) is 0 Å². The topological polar surface area (TPSA) is 56.7 Å². The number of hydrogen-bond donors (Lipinski definition) is 2. The van der Waals surface area contributed by atoms with Crippen molar-refractivity contribution in [3.05, 3.63) is 0 Å². The molecule has 1 saturated heterocycles. The van der Waals surface area contributed by atoms with Gasteiger partial charge in [0.25, 0.3) is 0 Å². The average Bonchev–Trinajstić information content (AvgIpc) is 2.83. The molecule has 0 spiro atoms. The normalized spacial score (nSPS) is 22.7. The Kier molecular flexibility index (Phi) is 7.19. The van der Waals surface area contributed by atoms with Gasteiger partial charge in [-0.15, -0.1) is 0 Å². The number of guanidine groups is 1. The molecule has 0 aliphatic carbocycles. The van der Waals surface area contributed by atoms with Gasteiger partial charge in [0.15, 0.2) is 5.96 Å². The highest BCUT2D eigenvalue weighted by Crippen LogP contribution is 2.37. The largest absolute Gasteiger partial charge is 0.357 e. The van der Waals surface area contributed by atoms with E-state index in [9.17, 15) is 4.79 Å². The van der Waals surface area contributed by atoms with Crippen LogP contribution in [0.1, 0.15) is 33.1 Å². The van der Waals surface area contributed by atoms with Crippen LogP contribution >= 0.6 is 11.8 Å². The molecule has 0 radical (unpaired) electrons. The van der Waals surface area contributed by atoms with Crippen LogP contribution in [0.3, 0.4) is 0 Å². The van der Waals surface area contributed by atoms with Crippen molar-refractivity contribution in [3.8, 4) is 0 Å². The summed E-state index contributed by atoms with van der Waals surface area (Å²) in [7, 11) is 3.56. The second-order valence-corrected chi connectivity index (χ2v) is 7.24. The van der Waals surface area contributed by atoms with Crippen LogP contribution in [-0.4, -0.2) is 61.0 Å². The fourth-order valence-corrected chi connectivity index (χ4v) is 3.29. The van der Waals surface area contributed by atoms with Crippen molar-refractivity contribution in [3.63, 3.8) is 0 Å². The zero-order chi connectivity index (χ0) is 15.0. The van der Waals surface area contributed by atoms with Gasteiger partial charge in [0.05, 0.1) is 6.54 Å². The average molecular weight is 300 g/mol.